The number of aromatic nitrogens is 2. The molecule has 38 heavy (non-hydrogen) atoms. The van der Waals surface area contributed by atoms with Gasteiger partial charge >= 0.3 is 0 Å². The second-order valence-corrected chi connectivity index (χ2v) is 11.3. The average molecular weight is 570 g/mol. The van der Waals surface area contributed by atoms with Crippen molar-refractivity contribution in [3.63, 3.8) is 0 Å². The molecule has 1 N–H and O–H groups in total. The molecule has 208 valence electrons. The lowest BCUT2D eigenvalue weighted by molar-refractivity contribution is -0.0847. The molecule has 2 saturated heterocycles. The Morgan fingerprint density at radius 2 is 1.89 bits per heavy atom. The van der Waals surface area contributed by atoms with Gasteiger partial charge in [-0.3, -0.25) is 4.79 Å². The summed E-state index contributed by atoms with van der Waals surface area (Å²) in [6, 6.07) is 8.11. The number of hydrogen-bond acceptors (Lipinski definition) is 7. The molecule has 1 aromatic carbocycles. The summed E-state index contributed by atoms with van der Waals surface area (Å²) < 4.78 is 33.2. The van der Waals surface area contributed by atoms with Crippen LogP contribution >= 0.6 is 23.2 Å². The molecule has 3 fully saturated rings. The van der Waals surface area contributed by atoms with E-state index in [0.717, 1.165) is 37.9 Å². The van der Waals surface area contributed by atoms with Crippen LogP contribution in [0.4, 0.5) is 15.8 Å². The van der Waals surface area contributed by atoms with Crippen molar-refractivity contribution in [2.75, 3.05) is 56.3 Å². The fourth-order valence-corrected chi connectivity index (χ4v) is 5.94. The number of alkyl halides is 1. The number of hydrogen-bond donors (Lipinski definition) is 1. The van der Waals surface area contributed by atoms with Gasteiger partial charge in [0.15, 0.2) is 5.67 Å². The van der Waals surface area contributed by atoms with Crippen LogP contribution in [-0.2, 0) is 14.2 Å². The van der Waals surface area contributed by atoms with Gasteiger partial charge < -0.3 is 24.4 Å². The zero-order valence-corrected chi connectivity index (χ0v) is 22.9. The minimum absolute atomic E-state index is 0.00363. The lowest BCUT2D eigenvalue weighted by Crippen LogP contribution is -2.46. The number of benzene rings is 1. The topological polar surface area (TPSA) is 77.9 Å². The lowest BCUT2D eigenvalue weighted by Gasteiger charge is -2.40. The van der Waals surface area contributed by atoms with E-state index in [9.17, 15) is 9.18 Å². The van der Waals surface area contributed by atoms with Crippen LogP contribution in [0, 0.1) is 0 Å². The molecule has 3 heterocycles. The highest BCUT2D eigenvalue weighted by atomic mass is 35.5. The maximum absolute atomic E-state index is 14.9. The Balaban J connectivity index is 1.24. The van der Waals surface area contributed by atoms with Crippen LogP contribution in [-0.4, -0.2) is 73.7 Å². The molecule has 0 radical (unpaired) electrons. The third-order valence-electron chi connectivity index (χ3n) is 7.71. The highest BCUT2D eigenvalue weighted by Gasteiger charge is 2.34. The Hall–Kier alpha value is -1.91. The Kier molecular flexibility index (Phi) is 9.10. The Morgan fingerprint density at radius 1 is 1.11 bits per heavy atom. The molecule has 8 nitrogen and oxygen atoms in total. The first-order chi connectivity index (χ1) is 18.4. The summed E-state index contributed by atoms with van der Waals surface area (Å²) >= 11 is 12.6. The number of anilines is 2. The van der Waals surface area contributed by atoms with E-state index in [2.05, 4.69) is 15.3 Å². The van der Waals surface area contributed by atoms with Gasteiger partial charge in [0.2, 0.25) is 0 Å². The van der Waals surface area contributed by atoms with E-state index < -0.39 is 5.67 Å². The molecule has 2 aromatic rings. The minimum atomic E-state index is -1.47. The van der Waals surface area contributed by atoms with Gasteiger partial charge in [0.1, 0.15) is 5.02 Å². The van der Waals surface area contributed by atoms with E-state index in [-0.39, 0.29) is 41.9 Å². The van der Waals surface area contributed by atoms with Gasteiger partial charge in [0.05, 0.1) is 57.0 Å². The van der Waals surface area contributed by atoms with Crippen LogP contribution in [0.3, 0.4) is 0 Å². The van der Waals surface area contributed by atoms with E-state index >= 15 is 0 Å². The van der Waals surface area contributed by atoms with Crippen molar-refractivity contribution in [2.24, 2.45) is 0 Å². The van der Waals surface area contributed by atoms with Crippen molar-refractivity contribution in [3.05, 3.63) is 50.9 Å². The molecule has 0 spiro atoms. The summed E-state index contributed by atoms with van der Waals surface area (Å²) in [5.41, 5.74) is -0.377. The molecule has 11 heteroatoms. The van der Waals surface area contributed by atoms with Gasteiger partial charge in [-0.2, -0.15) is 5.10 Å². The van der Waals surface area contributed by atoms with E-state index in [4.69, 9.17) is 37.4 Å². The van der Waals surface area contributed by atoms with Crippen molar-refractivity contribution >= 4 is 34.6 Å². The molecular formula is C27H35Cl2FN4O4. The SMILES string of the molecule is O=c1c(Cl)c(NC[C@]2(F)CCCOC2)cnn1C1CCC(N(C[C@H]2COCCO2)c2ccc(Cl)cc2)CC1. The molecule has 2 atom stereocenters. The monoisotopic (exact) mass is 568 g/mol. The van der Waals surface area contributed by atoms with Crippen LogP contribution < -0.4 is 15.8 Å². The van der Waals surface area contributed by atoms with Gasteiger partial charge in [-0.05, 0) is 62.8 Å². The van der Waals surface area contributed by atoms with Gasteiger partial charge in [-0.1, -0.05) is 23.2 Å². The van der Waals surface area contributed by atoms with E-state index in [1.807, 2.05) is 24.3 Å². The average Bonchev–Trinajstić information content (AvgIpc) is 2.94. The number of ether oxygens (including phenoxy) is 3. The third kappa shape index (κ3) is 6.62. The molecule has 3 aliphatic rings. The number of nitrogens with zero attached hydrogens (tertiary/aromatic N) is 3. The third-order valence-corrected chi connectivity index (χ3v) is 8.33. The number of halogens is 3. The Morgan fingerprint density at radius 3 is 2.58 bits per heavy atom. The molecule has 0 bridgehead atoms. The van der Waals surface area contributed by atoms with Gasteiger partial charge in [0.25, 0.3) is 5.56 Å². The molecule has 1 saturated carbocycles. The fourth-order valence-electron chi connectivity index (χ4n) is 5.61. The van der Waals surface area contributed by atoms with Gasteiger partial charge in [-0.25, -0.2) is 9.07 Å². The van der Waals surface area contributed by atoms with E-state index in [1.165, 1.54) is 10.9 Å². The summed E-state index contributed by atoms with van der Waals surface area (Å²) in [6.45, 7) is 3.18. The number of nitrogens with one attached hydrogen (secondary N) is 1. The Labute approximate surface area is 232 Å². The molecule has 5 rings (SSSR count). The smallest absolute Gasteiger partial charge is 0.287 e. The molecular weight excluding hydrogens is 534 g/mol. The lowest BCUT2D eigenvalue weighted by atomic mass is 9.89. The van der Waals surface area contributed by atoms with Crippen LogP contribution in [0.25, 0.3) is 0 Å². The maximum Gasteiger partial charge on any atom is 0.287 e. The summed E-state index contributed by atoms with van der Waals surface area (Å²) in [5.74, 6) is 0. The maximum atomic E-state index is 14.9. The normalized spacial score (nSPS) is 28.1. The van der Waals surface area contributed by atoms with Crippen molar-refractivity contribution in [1.29, 1.82) is 0 Å². The van der Waals surface area contributed by atoms with Crippen molar-refractivity contribution in [2.45, 2.75) is 62.4 Å². The first kappa shape index (κ1) is 27.6. The summed E-state index contributed by atoms with van der Waals surface area (Å²) in [4.78, 5) is 15.5. The molecule has 2 aliphatic heterocycles. The zero-order valence-electron chi connectivity index (χ0n) is 21.4. The molecule has 0 unspecified atom stereocenters. The van der Waals surface area contributed by atoms with Crippen molar-refractivity contribution in [3.8, 4) is 0 Å². The second-order valence-electron chi connectivity index (χ2n) is 10.4. The highest BCUT2D eigenvalue weighted by Crippen LogP contribution is 2.34. The van der Waals surface area contributed by atoms with Crippen LogP contribution in [0.2, 0.25) is 10.0 Å². The largest absolute Gasteiger partial charge is 0.379 e. The molecule has 1 aromatic heterocycles. The van der Waals surface area contributed by atoms with Crippen molar-refractivity contribution in [1.82, 2.24) is 9.78 Å². The van der Waals surface area contributed by atoms with Crippen LogP contribution in [0.15, 0.2) is 35.3 Å². The van der Waals surface area contributed by atoms with Crippen molar-refractivity contribution < 1.29 is 18.6 Å². The predicted molar refractivity (Wildman–Crippen MR) is 147 cm³/mol. The zero-order chi connectivity index (χ0) is 26.5. The van der Waals surface area contributed by atoms with Crippen LogP contribution in [0.5, 0.6) is 0 Å². The first-order valence-corrected chi connectivity index (χ1v) is 14.2. The summed E-state index contributed by atoms with van der Waals surface area (Å²) in [6.07, 6.45) is 5.97. The number of rotatable bonds is 8. The highest BCUT2D eigenvalue weighted by molar-refractivity contribution is 6.33. The minimum Gasteiger partial charge on any atom is -0.379 e. The van der Waals surface area contributed by atoms with E-state index in [1.54, 1.807) is 0 Å². The fraction of sp³-hybridized carbons (Fsp3) is 0.630. The predicted octanol–water partition coefficient (Wildman–Crippen LogP) is 4.89. The second kappa shape index (κ2) is 12.5. The summed E-state index contributed by atoms with van der Waals surface area (Å²) in [5, 5.41) is 8.13. The molecule has 0 amide bonds. The standard InChI is InChI=1S/C27H35Cl2FN4O4/c28-19-2-4-20(5-3-19)33(15-23-16-36-12-13-38-23)21-6-8-22(9-7-21)34-26(35)25(29)24(14-32-34)31-17-27(30)10-1-11-37-18-27/h2-5,14,21-23,31H,1,6-13,15-18H2/t21?,22?,23-,27+/m0/s1. The Bertz CT molecular complexity index is 1120. The quantitative estimate of drug-likeness (QED) is 0.486. The van der Waals surface area contributed by atoms with Gasteiger partial charge in [0, 0.05) is 29.9 Å². The summed E-state index contributed by atoms with van der Waals surface area (Å²) in [7, 11) is 0. The van der Waals surface area contributed by atoms with Crippen LogP contribution in [0.1, 0.15) is 44.6 Å². The molecule has 1 aliphatic carbocycles. The van der Waals surface area contributed by atoms with Gasteiger partial charge in [-0.15, -0.1) is 0 Å². The first-order valence-electron chi connectivity index (χ1n) is 13.4. The van der Waals surface area contributed by atoms with E-state index in [0.29, 0.717) is 50.0 Å².